The average Bonchev–Trinajstić information content (AvgIpc) is 2.65. The fourth-order valence-electron chi connectivity index (χ4n) is 3.01. The summed E-state index contributed by atoms with van der Waals surface area (Å²) >= 11 is 0. The van der Waals surface area contributed by atoms with Crippen molar-refractivity contribution in [3.8, 4) is 0 Å². The maximum Gasteiger partial charge on any atom is 0.337 e. The quantitative estimate of drug-likeness (QED) is 0.681. The van der Waals surface area contributed by atoms with Gasteiger partial charge in [-0.1, -0.05) is 0 Å². The van der Waals surface area contributed by atoms with Crippen molar-refractivity contribution in [2.24, 2.45) is 0 Å². The lowest BCUT2D eigenvalue weighted by molar-refractivity contribution is -0.119. The second-order valence-electron chi connectivity index (χ2n) is 6.25. The Morgan fingerprint density at radius 1 is 1.00 bits per heavy atom. The molecular formula is C17H22N2O7S. The van der Waals surface area contributed by atoms with Gasteiger partial charge in [-0.15, -0.1) is 0 Å². The summed E-state index contributed by atoms with van der Waals surface area (Å²) in [6.07, 6.45) is 1.28. The summed E-state index contributed by atoms with van der Waals surface area (Å²) in [4.78, 5) is 36.6. The average molecular weight is 398 g/mol. The number of carbonyl (C=O) groups excluding carboxylic acids is 3. The Bertz CT molecular complexity index is 824. The molecule has 0 aliphatic carbocycles. The van der Waals surface area contributed by atoms with Crippen LogP contribution < -0.4 is 10.6 Å². The lowest BCUT2D eigenvalue weighted by Gasteiger charge is -2.34. The van der Waals surface area contributed by atoms with E-state index in [4.69, 9.17) is 0 Å². The summed E-state index contributed by atoms with van der Waals surface area (Å²) in [6.45, 7) is 0.770. The van der Waals surface area contributed by atoms with Crippen molar-refractivity contribution in [2.75, 3.05) is 38.9 Å². The van der Waals surface area contributed by atoms with Gasteiger partial charge in [0.25, 0.3) is 0 Å². The first kappa shape index (κ1) is 20.8. The molecular weight excluding hydrogens is 376 g/mol. The van der Waals surface area contributed by atoms with Gasteiger partial charge in [-0.2, -0.15) is 0 Å². The van der Waals surface area contributed by atoms with Crippen LogP contribution >= 0.6 is 0 Å². The van der Waals surface area contributed by atoms with E-state index >= 15 is 0 Å². The fraction of sp³-hybridized carbons (Fsp3) is 0.471. The van der Waals surface area contributed by atoms with Gasteiger partial charge in [-0.3, -0.25) is 4.79 Å². The maximum atomic E-state index is 12.9. The van der Waals surface area contributed by atoms with Gasteiger partial charge in [0.15, 0.2) is 14.6 Å². The second-order valence-corrected chi connectivity index (χ2v) is 8.58. The van der Waals surface area contributed by atoms with Crippen molar-refractivity contribution < 1.29 is 32.3 Å². The minimum atomic E-state index is -3.70. The number of nitrogens with one attached hydrogen (secondary N) is 2. The van der Waals surface area contributed by atoms with Gasteiger partial charge < -0.3 is 20.1 Å². The first-order chi connectivity index (χ1) is 12.6. The molecule has 1 fully saturated rings. The van der Waals surface area contributed by atoms with Crippen LogP contribution in [-0.2, 0) is 24.1 Å². The summed E-state index contributed by atoms with van der Waals surface area (Å²) < 4.78 is 32.4. The van der Waals surface area contributed by atoms with Gasteiger partial charge in [-0.05, 0) is 44.1 Å². The van der Waals surface area contributed by atoms with Gasteiger partial charge in [0.1, 0.15) is 0 Å². The van der Waals surface area contributed by atoms with Gasteiger partial charge in [0.05, 0.1) is 25.3 Å². The van der Waals surface area contributed by atoms with Crippen LogP contribution in [0.2, 0.25) is 0 Å². The molecule has 1 aromatic carbocycles. The van der Waals surface area contributed by atoms with E-state index in [2.05, 4.69) is 20.1 Å². The molecule has 0 bridgehead atoms. The molecule has 27 heavy (non-hydrogen) atoms. The Labute approximate surface area is 157 Å². The molecule has 1 aliphatic heterocycles. The Kier molecular flexibility index (Phi) is 6.22. The maximum absolute atomic E-state index is 12.9. The lowest BCUT2D eigenvalue weighted by atomic mass is 9.95. The van der Waals surface area contributed by atoms with Crippen LogP contribution in [0.3, 0.4) is 0 Å². The third kappa shape index (κ3) is 4.28. The number of benzene rings is 1. The Hall–Kier alpha value is -2.46. The third-order valence-electron chi connectivity index (χ3n) is 4.57. The van der Waals surface area contributed by atoms with Gasteiger partial charge in [0, 0.05) is 11.9 Å². The SMILES string of the molecule is COC(=O)c1cc(NC(=O)C2(S(C)(=O)=O)CCNCC2)cc(C(=O)OC)c1. The van der Waals surface area contributed by atoms with Crippen molar-refractivity contribution >= 4 is 33.4 Å². The molecule has 148 valence electrons. The monoisotopic (exact) mass is 398 g/mol. The molecule has 0 spiro atoms. The van der Waals surface area contributed by atoms with E-state index in [0.29, 0.717) is 13.1 Å². The number of rotatable bonds is 5. The number of anilines is 1. The zero-order valence-electron chi connectivity index (χ0n) is 15.3. The smallest absolute Gasteiger partial charge is 0.337 e. The van der Waals surface area contributed by atoms with Crippen molar-refractivity contribution in [3.05, 3.63) is 29.3 Å². The summed E-state index contributed by atoms with van der Waals surface area (Å²) in [5, 5.41) is 5.56. The van der Waals surface area contributed by atoms with Crippen molar-refractivity contribution in [1.82, 2.24) is 5.32 Å². The Morgan fingerprint density at radius 3 is 1.89 bits per heavy atom. The summed E-state index contributed by atoms with van der Waals surface area (Å²) in [6, 6.07) is 3.89. The van der Waals surface area contributed by atoms with E-state index < -0.39 is 32.4 Å². The molecule has 9 nitrogen and oxygen atoms in total. The molecule has 1 aromatic rings. The predicted octanol–water partition coefficient (Wildman–Crippen LogP) is 0.365. The zero-order chi connectivity index (χ0) is 20.2. The molecule has 0 unspecified atom stereocenters. The van der Waals surface area contributed by atoms with Gasteiger partial charge >= 0.3 is 11.9 Å². The van der Waals surface area contributed by atoms with Crippen LogP contribution in [0.5, 0.6) is 0 Å². The number of sulfone groups is 1. The molecule has 10 heteroatoms. The summed E-state index contributed by atoms with van der Waals surface area (Å²) in [7, 11) is -1.35. The van der Waals surface area contributed by atoms with Crippen molar-refractivity contribution in [1.29, 1.82) is 0 Å². The largest absolute Gasteiger partial charge is 0.465 e. The molecule has 0 saturated carbocycles. The first-order valence-electron chi connectivity index (χ1n) is 8.18. The Morgan fingerprint density at radius 2 is 1.48 bits per heavy atom. The topological polar surface area (TPSA) is 128 Å². The molecule has 1 saturated heterocycles. The van der Waals surface area contributed by atoms with Crippen LogP contribution in [0, 0.1) is 0 Å². The molecule has 1 aliphatic rings. The highest BCUT2D eigenvalue weighted by molar-refractivity contribution is 7.92. The summed E-state index contributed by atoms with van der Waals surface area (Å²) in [5.74, 6) is -2.13. The highest BCUT2D eigenvalue weighted by Crippen LogP contribution is 2.30. The van der Waals surface area contributed by atoms with E-state index in [-0.39, 0.29) is 29.7 Å². The zero-order valence-corrected chi connectivity index (χ0v) is 16.1. The molecule has 0 aromatic heterocycles. The predicted molar refractivity (Wildman–Crippen MR) is 97.4 cm³/mol. The van der Waals surface area contributed by atoms with E-state index in [1.165, 1.54) is 32.4 Å². The summed E-state index contributed by atoms with van der Waals surface area (Å²) in [5.41, 5.74) is 0.147. The number of amides is 1. The van der Waals surface area contributed by atoms with Crippen LogP contribution in [-0.4, -0.2) is 64.6 Å². The number of esters is 2. The number of ether oxygens (including phenoxy) is 2. The van der Waals surface area contributed by atoms with Gasteiger partial charge in [-0.25, -0.2) is 18.0 Å². The van der Waals surface area contributed by atoms with Crippen LogP contribution in [0.25, 0.3) is 0 Å². The number of hydrogen-bond acceptors (Lipinski definition) is 8. The highest BCUT2D eigenvalue weighted by Gasteiger charge is 2.48. The molecule has 2 rings (SSSR count). The second kappa shape index (κ2) is 8.05. The number of hydrogen-bond donors (Lipinski definition) is 2. The van der Waals surface area contributed by atoms with Gasteiger partial charge in [0.2, 0.25) is 5.91 Å². The van der Waals surface area contributed by atoms with Crippen LogP contribution in [0.15, 0.2) is 18.2 Å². The number of carbonyl (C=O) groups is 3. The fourth-order valence-corrected chi connectivity index (χ4v) is 4.35. The van der Waals surface area contributed by atoms with E-state index in [1.54, 1.807) is 0 Å². The van der Waals surface area contributed by atoms with E-state index in [9.17, 15) is 22.8 Å². The normalized spacial score (nSPS) is 16.3. The minimum absolute atomic E-state index is 0.0226. The third-order valence-corrected chi connectivity index (χ3v) is 6.58. The number of piperidine rings is 1. The lowest BCUT2D eigenvalue weighted by Crippen LogP contribution is -2.55. The standard InChI is InChI=1S/C17H22N2O7S/c1-25-14(20)11-8-12(15(21)26-2)10-13(9-11)19-16(22)17(27(3,23)24)4-6-18-7-5-17/h8-10,18H,4-7H2,1-3H3,(H,19,22). The number of methoxy groups -OCH3 is 2. The Balaban J connectivity index is 2.43. The molecule has 0 atom stereocenters. The van der Waals surface area contributed by atoms with Crippen LogP contribution in [0.4, 0.5) is 5.69 Å². The first-order valence-corrected chi connectivity index (χ1v) is 10.1. The highest BCUT2D eigenvalue weighted by atomic mass is 32.2. The van der Waals surface area contributed by atoms with Crippen LogP contribution in [0.1, 0.15) is 33.6 Å². The van der Waals surface area contributed by atoms with E-state index in [0.717, 1.165) is 6.26 Å². The van der Waals surface area contributed by atoms with Crippen molar-refractivity contribution in [2.45, 2.75) is 17.6 Å². The molecule has 2 N–H and O–H groups in total. The molecule has 1 heterocycles. The molecule has 0 radical (unpaired) electrons. The van der Waals surface area contributed by atoms with E-state index in [1.807, 2.05) is 0 Å². The minimum Gasteiger partial charge on any atom is -0.465 e. The van der Waals surface area contributed by atoms with Crippen molar-refractivity contribution in [3.63, 3.8) is 0 Å². The molecule has 1 amide bonds.